The number of benzene rings is 1. The van der Waals surface area contributed by atoms with Gasteiger partial charge in [-0.2, -0.15) is 0 Å². The maximum absolute atomic E-state index is 13.6. The van der Waals surface area contributed by atoms with Gasteiger partial charge in [-0.1, -0.05) is 63.9 Å². The van der Waals surface area contributed by atoms with Gasteiger partial charge in [0.2, 0.25) is 0 Å². The topological polar surface area (TPSA) is 84.7 Å². The van der Waals surface area contributed by atoms with Gasteiger partial charge in [0, 0.05) is 11.5 Å². The van der Waals surface area contributed by atoms with Crippen LogP contribution in [0.3, 0.4) is 0 Å². The number of rotatable bonds is 5. The molecule has 4 aliphatic rings. The molecule has 3 unspecified atom stereocenters. The van der Waals surface area contributed by atoms with E-state index >= 15 is 0 Å². The monoisotopic (exact) mass is 478 g/mol. The van der Waals surface area contributed by atoms with E-state index in [2.05, 4.69) is 25.9 Å². The standard InChI is InChI=1S/C30H46N4O/c1-20-14-16-29(2)22(18-20)12-13-23-24-10-7-11-26(30(24,3)17-15-25(23)29)27(35)19-34(32)33-28(31)21-8-5-4-6-9-21/h4-6,8-9,20,22-26H,7,10-19,32H2,1-3H3,(H2,31,33)/t20-,22?,23-,24?,25?,26+,29-,30-/m0/s1. The molecule has 0 aliphatic heterocycles. The molecule has 1 aromatic rings. The molecule has 5 rings (SSSR count). The Morgan fingerprint density at radius 1 is 1.00 bits per heavy atom. The number of amidine groups is 1. The van der Waals surface area contributed by atoms with E-state index in [1.165, 1.54) is 56.5 Å². The van der Waals surface area contributed by atoms with Gasteiger partial charge < -0.3 is 5.73 Å². The molecule has 5 heteroatoms. The van der Waals surface area contributed by atoms with E-state index in [0.29, 0.717) is 17.2 Å². The minimum Gasteiger partial charge on any atom is -0.382 e. The number of hydrazone groups is 1. The molecule has 0 spiro atoms. The van der Waals surface area contributed by atoms with Gasteiger partial charge in [0.15, 0.2) is 11.6 Å². The molecule has 1 aromatic carbocycles. The lowest BCUT2D eigenvalue weighted by Gasteiger charge is -2.63. The fourth-order valence-electron chi connectivity index (χ4n) is 9.31. The second-order valence-corrected chi connectivity index (χ2v) is 13.0. The second-order valence-electron chi connectivity index (χ2n) is 13.0. The molecule has 5 nitrogen and oxygen atoms in total. The van der Waals surface area contributed by atoms with Crippen LogP contribution in [-0.2, 0) is 4.79 Å². The van der Waals surface area contributed by atoms with Crippen molar-refractivity contribution in [3.05, 3.63) is 35.9 Å². The van der Waals surface area contributed by atoms with Gasteiger partial charge in [0.1, 0.15) is 6.54 Å². The first-order valence-corrected chi connectivity index (χ1v) is 14.2. The van der Waals surface area contributed by atoms with Crippen molar-refractivity contribution in [1.29, 1.82) is 0 Å². The molecule has 35 heavy (non-hydrogen) atoms. The van der Waals surface area contributed by atoms with E-state index in [1.54, 1.807) is 0 Å². The molecular formula is C30H46N4O. The van der Waals surface area contributed by atoms with Gasteiger partial charge >= 0.3 is 0 Å². The predicted octanol–water partition coefficient (Wildman–Crippen LogP) is 5.74. The lowest BCUT2D eigenvalue weighted by molar-refractivity contribution is -0.157. The van der Waals surface area contributed by atoms with Crippen molar-refractivity contribution >= 4 is 11.6 Å². The maximum atomic E-state index is 13.6. The summed E-state index contributed by atoms with van der Waals surface area (Å²) in [5.41, 5.74) is 7.58. The number of nitrogens with zero attached hydrogens (tertiary/aromatic N) is 2. The van der Waals surface area contributed by atoms with Gasteiger partial charge in [-0.15, -0.1) is 5.10 Å². The molecule has 0 heterocycles. The minimum atomic E-state index is 0.0818. The summed E-state index contributed by atoms with van der Waals surface area (Å²) < 4.78 is 0. The quantitative estimate of drug-likeness (QED) is 0.245. The molecule has 4 N–H and O–H groups in total. The molecule has 0 bridgehead atoms. The SMILES string of the molecule is C[C@H]1CC[C@@]2(C)C(CC[C@@H]3C2CC[C@@]2(C)C3CCC[C@@H]2C(=O)CN(N)/N=C(\N)c2ccccc2)C1. The molecular weight excluding hydrogens is 432 g/mol. The van der Waals surface area contributed by atoms with Crippen molar-refractivity contribution in [1.82, 2.24) is 5.12 Å². The molecule has 0 saturated heterocycles. The number of hydrogen-bond acceptors (Lipinski definition) is 4. The van der Waals surface area contributed by atoms with E-state index in [1.807, 2.05) is 30.3 Å². The zero-order valence-electron chi connectivity index (χ0n) is 22.1. The molecule has 0 aromatic heterocycles. The predicted molar refractivity (Wildman–Crippen MR) is 142 cm³/mol. The summed E-state index contributed by atoms with van der Waals surface area (Å²) >= 11 is 0. The summed E-state index contributed by atoms with van der Waals surface area (Å²) in [6.45, 7) is 7.66. The van der Waals surface area contributed by atoms with Gasteiger partial charge in [0.05, 0.1) is 0 Å². The average molecular weight is 479 g/mol. The highest BCUT2D eigenvalue weighted by atomic mass is 16.1. The Bertz CT molecular complexity index is 947. The Balaban J connectivity index is 1.30. The summed E-state index contributed by atoms with van der Waals surface area (Å²) in [7, 11) is 0. The van der Waals surface area contributed by atoms with Crippen LogP contribution in [0.5, 0.6) is 0 Å². The van der Waals surface area contributed by atoms with Crippen molar-refractivity contribution in [2.24, 2.45) is 63.0 Å². The molecule has 0 amide bonds. The lowest BCUT2D eigenvalue weighted by Crippen LogP contribution is -2.57. The molecule has 4 fully saturated rings. The summed E-state index contributed by atoms with van der Waals surface area (Å²) in [6.07, 6.45) is 13.0. The van der Waals surface area contributed by atoms with Crippen molar-refractivity contribution < 1.29 is 4.79 Å². The normalized spacial score (nSPS) is 41.3. The first-order valence-electron chi connectivity index (χ1n) is 14.2. The maximum Gasteiger partial charge on any atom is 0.159 e. The largest absolute Gasteiger partial charge is 0.382 e. The highest BCUT2D eigenvalue weighted by Crippen LogP contribution is 2.66. The first-order chi connectivity index (χ1) is 16.7. The summed E-state index contributed by atoms with van der Waals surface area (Å²) in [4.78, 5) is 13.6. The fraction of sp³-hybridized carbons (Fsp3) is 0.733. The van der Waals surface area contributed by atoms with E-state index in [0.717, 1.165) is 42.1 Å². The Hall–Kier alpha value is -1.88. The van der Waals surface area contributed by atoms with Gasteiger partial charge in [0.25, 0.3) is 0 Å². The zero-order valence-corrected chi connectivity index (χ0v) is 22.1. The van der Waals surface area contributed by atoms with Gasteiger partial charge in [-0.3, -0.25) is 4.79 Å². The molecule has 4 saturated carbocycles. The highest BCUT2D eigenvalue weighted by molar-refractivity contribution is 5.97. The van der Waals surface area contributed by atoms with Crippen LogP contribution < -0.4 is 11.6 Å². The van der Waals surface area contributed by atoms with Crippen LogP contribution in [0.4, 0.5) is 0 Å². The van der Waals surface area contributed by atoms with Crippen molar-refractivity contribution in [3.63, 3.8) is 0 Å². The third-order valence-corrected chi connectivity index (χ3v) is 11.2. The number of Topliss-reactive ketones (excluding diaryl/α,β-unsaturated/α-hetero) is 1. The van der Waals surface area contributed by atoms with Gasteiger partial charge in [-0.05, 0) is 91.8 Å². The van der Waals surface area contributed by atoms with Crippen LogP contribution in [0.1, 0.15) is 90.5 Å². The second kappa shape index (κ2) is 9.53. The third-order valence-electron chi connectivity index (χ3n) is 11.2. The Labute approximate surface area is 212 Å². The Morgan fingerprint density at radius 2 is 1.71 bits per heavy atom. The minimum absolute atomic E-state index is 0.0818. The number of nitrogens with two attached hydrogens (primary N) is 2. The molecule has 8 atom stereocenters. The number of carbonyl (C=O) groups excluding carboxylic acids is 1. The number of fused-ring (bicyclic) bond motifs is 5. The molecule has 192 valence electrons. The Morgan fingerprint density at radius 3 is 2.49 bits per heavy atom. The molecule has 4 aliphatic carbocycles. The van der Waals surface area contributed by atoms with Crippen LogP contribution in [0, 0.1) is 46.3 Å². The van der Waals surface area contributed by atoms with Crippen molar-refractivity contribution in [2.75, 3.05) is 6.54 Å². The number of hydrazine groups is 1. The molecule has 0 radical (unpaired) electrons. The van der Waals surface area contributed by atoms with Crippen LogP contribution in [0.2, 0.25) is 0 Å². The summed E-state index contributed by atoms with van der Waals surface area (Å²) in [6, 6.07) is 9.59. The van der Waals surface area contributed by atoms with E-state index < -0.39 is 0 Å². The van der Waals surface area contributed by atoms with Crippen molar-refractivity contribution in [2.45, 2.75) is 85.0 Å². The van der Waals surface area contributed by atoms with Crippen molar-refractivity contribution in [3.8, 4) is 0 Å². The summed E-state index contributed by atoms with van der Waals surface area (Å²) in [5, 5.41) is 5.58. The van der Waals surface area contributed by atoms with Gasteiger partial charge in [-0.25, -0.2) is 11.0 Å². The van der Waals surface area contributed by atoms with Crippen LogP contribution >= 0.6 is 0 Å². The number of carbonyl (C=O) groups is 1. The lowest BCUT2D eigenvalue weighted by atomic mass is 9.41. The van der Waals surface area contributed by atoms with Crippen LogP contribution in [0.15, 0.2) is 35.4 Å². The third kappa shape index (κ3) is 4.43. The first kappa shape index (κ1) is 24.8. The van der Waals surface area contributed by atoms with E-state index in [-0.39, 0.29) is 23.7 Å². The van der Waals surface area contributed by atoms with E-state index in [4.69, 9.17) is 11.6 Å². The zero-order chi connectivity index (χ0) is 24.8. The average Bonchev–Trinajstić information content (AvgIpc) is 2.84. The number of hydrogen-bond donors (Lipinski definition) is 2. The smallest absolute Gasteiger partial charge is 0.159 e. The van der Waals surface area contributed by atoms with E-state index in [9.17, 15) is 4.79 Å². The highest BCUT2D eigenvalue weighted by Gasteiger charge is 2.59. The Kier molecular flexibility index (Phi) is 6.76. The van der Waals surface area contributed by atoms with Crippen LogP contribution in [-0.4, -0.2) is 23.3 Å². The number of ketones is 1. The summed E-state index contributed by atoms with van der Waals surface area (Å²) in [5.74, 6) is 11.0. The van der Waals surface area contributed by atoms with Crippen LogP contribution in [0.25, 0.3) is 0 Å². The fourth-order valence-corrected chi connectivity index (χ4v) is 9.31.